The molecule has 0 N–H and O–H groups in total. The number of aromatic nitrogens is 1. The minimum atomic E-state index is 0.0155. The Labute approximate surface area is 119 Å². The number of benzene rings is 1. The zero-order valence-corrected chi connectivity index (χ0v) is 12.5. The maximum absolute atomic E-state index is 5.90. The quantitative estimate of drug-likeness (QED) is 0.709. The van der Waals surface area contributed by atoms with Gasteiger partial charge < -0.3 is 4.74 Å². The molecule has 0 aliphatic heterocycles. The van der Waals surface area contributed by atoms with Gasteiger partial charge in [0.1, 0.15) is 10.9 Å². The van der Waals surface area contributed by atoms with Crippen molar-refractivity contribution in [3.63, 3.8) is 0 Å². The number of pyridine rings is 1. The van der Waals surface area contributed by atoms with E-state index in [0.717, 1.165) is 16.9 Å². The van der Waals surface area contributed by atoms with Crippen LogP contribution in [0.4, 0.5) is 0 Å². The molecular weight excluding hydrogens is 258 g/mol. The normalized spacial score (nSPS) is 11.4. The first kappa shape index (κ1) is 13.9. The molecule has 0 saturated carbocycles. The van der Waals surface area contributed by atoms with E-state index in [9.17, 15) is 0 Å². The fourth-order valence-corrected chi connectivity index (χ4v) is 2.05. The van der Waals surface area contributed by atoms with Crippen molar-refractivity contribution in [3.05, 3.63) is 52.7 Å². The van der Waals surface area contributed by atoms with Crippen LogP contribution in [0.5, 0.6) is 11.6 Å². The third kappa shape index (κ3) is 3.48. The highest BCUT2D eigenvalue weighted by Crippen LogP contribution is 2.34. The molecule has 0 unspecified atom stereocenters. The van der Waals surface area contributed by atoms with Crippen molar-refractivity contribution in [3.8, 4) is 11.6 Å². The molecule has 100 valence electrons. The van der Waals surface area contributed by atoms with Gasteiger partial charge in [-0.3, -0.25) is 0 Å². The van der Waals surface area contributed by atoms with Gasteiger partial charge in [0.25, 0.3) is 0 Å². The molecular formula is C16H18ClNO. The number of halogens is 1. The summed E-state index contributed by atoms with van der Waals surface area (Å²) in [4.78, 5) is 4.16. The number of rotatable bonds is 2. The molecule has 2 aromatic rings. The molecule has 0 radical (unpaired) electrons. The average Bonchev–Trinajstić information content (AvgIpc) is 2.27. The second-order valence-electron chi connectivity index (χ2n) is 5.65. The van der Waals surface area contributed by atoms with Gasteiger partial charge in [0.05, 0.1) is 0 Å². The predicted octanol–water partition coefficient (Wildman–Crippen LogP) is 5.13. The lowest BCUT2D eigenvalue weighted by Gasteiger charge is -2.22. The molecule has 0 fully saturated rings. The van der Waals surface area contributed by atoms with Crippen LogP contribution in [0.3, 0.4) is 0 Å². The van der Waals surface area contributed by atoms with Gasteiger partial charge >= 0.3 is 0 Å². The highest BCUT2D eigenvalue weighted by molar-refractivity contribution is 6.29. The van der Waals surface area contributed by atoms with E-state index in [2.05, 4.69) is 37.9 Å². The van der Waals surface area contributed by atoms with E-state index < -0.39 is 0 Å². The summed E-state index contributed by atoms with van der Waals surface area (Å²) in [7, 11) is 0. The lowest BCUT2D eigenvalue weighted by atomic mass is 9.86. The van der Waals surface area contributed by atoms with Crippen LogP contribution in [-0.4, -0.2) is 4.98 Å². The second-order valence-corrected chi connectivity index (χ2v) is 6.04. The van der Waals surface area contributed by atoms with Gasteiger partial charge in [0.2, 0.25) is 5.88 Å². The third-order valence-corrected chi connectivity index (χ3v) is 3.06. The highest BCUT2D eigenvalue weighted by Gasteiger charge is 2.19. The molecule has 0 spiro atoms. The van der Waals surface area contributed by atoms with Crippen LogP contribution in [0.1, 0.15) is 31.9 Å². The van der Waals surface area contributed by atoms with Crippen molar-refractivity contribution < 1.29 is 4.74 Å². The molecule has 1 heterocycles. The number of hydrogen-bond acceptors (Lipinski definition) is 2. The van der Waals surface area contributed by atoms with Crippen LogP contribution in [-0.2, 0) is 5.41 Å². The van der Waals surface area contributed by atoms with Crippen molar-refractivity contribution in [2.75, 3.05) is 0 Å². The molecule has 1 aromatic carbocycles. The number of nitrogens with zero attached hydrogens (tertiary/aromatic N) is 1. The Balaban J connectivity index is 2.41. The SMILES string of the molecule is Cc1ccc(C(C)(C)C)c(Oc2cccc(Cl)n2)c1. The van der Waals surface area contributed by atoms with E-state index >= 15 is 0 Å². The van der Waals surface area contributed by atoms with Crippen molar-refractivity contribution in [2.45, 2.75) is 33.1 Å². The first-order valence-electron chi connectivity index (χ1n) is 6.28. The van der Waals surface area contributed by atoms with E-state index in [-0.39, 0.29) is 5.41 Å². The largest absolute Gasteiger partial charge is 0.439 e. The molecule has 3 heteroatoms. The number of aryl methyl sites for hydroxylation is 1. The summed E-state index contributed by atoms with van der Waals surface area (Å²) < 4.78 is 5.90. The molecule has 19 heavy (non-hydrogen) atoms. The Morgan fingerprint density at radius 1 is 1.11 bits per heavy atom. The summed E-state index contributed by atoms with van der Waals surface area (Å²) in [5.74, 6) is 1.35. The van der Waals surface area contributed by atoms with Gasteiger partial charge in [0.15, 0.2) is 0 Å². The van der Waals surface area contributed by atoms with Crippen LogP contribution < -0.4 is 4.74 Å². The van der Waals surface area contributed by atoms with Crippen molar-refractivity contribution in [1.82, 2.24) is 4.98 Å². The monoisotopic (exact) mass is 275 g/mol. The fourth-order valence-electron chi connectivity index (χ4n) is 1.89. The van der Waals surface area contributed by atoms with Gasteiger partial charge in [0, 0.05) is 11.6 Å². The molecule has 2 rings (SSSR count). The topological polar surface area (TPSA) is 22.1 Å². The molecule has 0 atom stereocenters. The Morgan fingerprint density at radius 3 is 2.47 bits per heavy atom. The van der Waals surface area contributed by atoms with Crippen molar-refractivity contribution in [1.29, 1.82) is 0 Å². The summed E-state index contributed by atoms with van der Waals surface area (Å²) >= 11 is 5.88. The average molecular weight is 276 g/mol. The van der Waals surface area contributed by atoms with E-state index in [0.29, 0.717) is 11.0 Å². The lowest BCUT2D eigenvalue weighted by molar-refractivity contribution is 0.439. The Bertz CT molecular complexity index is 588. The Hall–Kier alpha value is -1.54. The fraction of sp³-hybridized carbons (Fsp3) is 0.312. The van der Waals surface area contributed by atoms with Crippen molar-refractivity contribution >= 4 is 11.6 Å². The zero-order valence-electron chi connectivity index (χ0n) is 11.7. The summed E-state index contributed by atoms with van der Waals surface area (Å²) in [5.41, 5.74) is 2.33. The first-order valence-corrected chi connectivity index (χ1v) is 6.65. The van der Waals surface area contributed by atoms with E-state index in [1.54, 1.807) is 12.1 Å². The predicted molar refractivity (Wildman–Crippen MR) is 79.2 cm³/mol. The summed E-state index contributed by atoms with van der Waals surface area (Å²) in [6, 6.07) is 11.6. The van der Waals surface area contributed by atoms with Gasteiger partial charge in [-0.05, 0) is 30.0 Å². The van der Waals surface area contributed by atoms with E-state index in [4.69, 9.17) is 16.3 Å². The van der Waals surface area contributed by atoms with Crippen molar-refractivity contribution in [2.24, 2.45) is 0 Å². The first-order chi connectivity index (χ1) is 8.86. The third-order valence-electron chi connectivity index (χ3n) is 2.85. The van der Waals surface area contributed by atoms with E-state index in [1.165, 1.54) is 0 Å². The number of ether oxygens (including phenoxy) is 1. The molecule has 1 aromatic heterocycles. The standard InChI is InChI=1S/C16H18ClNO/c1-11-8-9-12(16(2,3)4)13(10-11)19-15-7-5-6-14(17)18-15/h5-10H,1-4H3. The minimum absolute atomic E-state index is 0.0155. The molecule has 0 saturated heterocycles. The lowest BCUT2D eigenvalue weighted by Crippen LogP contribution is -2.12. The second kappa shape index (κ2) is 5.22. The van der Waals surface area contributed by atoms with Gasteiger partial charge in [-0.15, -0.1) is 0 Å². The zero-order chi connectivity index (χ0) is 14.0. The van der Waals surface area contributed by atoms with E-state index in [1.807, 2.05) is 19.1 Å². The Morgan fingerprint density at radius 2 is 1.84 bits per heavy atom. The maximum atomic E-state index is 5.90. The smallest absolute Gasteiger partial charge is 0.220 e. The van der Waals surface area contributed by atoms with Crippen LogP contribution in [0.25, 0.3) is 0 Å². The van der Waals surface area contributed by atoms with Crippen LogP contribution in [0.2, 0.25) is 5.15 Å². The summed E-state index contributed by atoms with van der Waals surface area (Å²) in [5, 5.41) is 0.433. The molecule has 0 amide bonds. The highest BCUT2D eigenvalue weighted by atomic mass is 35.5. The van der Waals surface area contributed by atoms with Gasteiger partial charge in [-0.25, -0.2) is 4.98 Å². The molecule has 0 bridgehead atoms. The molecule has 0 aliphatic carbocycles. The molecule has 0 aliphatic rings. The van der Waals surface area contributed by atoms with Crippen LogP contribution in [0, 0.1) is 6.92 Å². The summed E-state index contributed by atoms with van der Waals surface area (Å²) in [6.07, 6.45) is 0. The summed E-state index contributed by atoms with van der Waals surface area (Å²) in [6.45, 7) is 8.53. The number of hydrogen-bond donors (Lipinski definition) is 0. The minimum Gasteiger partial charge on any atom is -0.439 e. The molecule has 2 nitrogen and oxygen atoms in total. The van der Waals surface area contributed by atoms with Gasteiger partial charge in [-0.2, -0.15) is 0 Å². The Kier molecular flexibility index (Phi) is 3.81. The van der Waals surface area contributed by atoms with Gasteiger partial charge in [-0.1, -0.05) is 50.6 Å². The van der Waals surface area contributed by atoms with Crippen LogP contribution in [0.15, 0.2) is 36.4 Å². The maximum Gasteiger partial charge on any atom is 0.220 e. The van der Waals surface area contributed by atoms with Crippen LogP contribution >= 0.6 is 11.6 Å².